The van der Waals surface area contributed by atoms with Gasteiger partial charge in [-0.15, -0.1) is 0 Å². The molecular formula is C20H15FN2O6. The maximum Gasteiger partial charge on any atom is 0.342 e. The molecule has 0 aliphatic heterocycles. The SMILES string of the molecule is Nc1[nH]c(=O)c(C(=O)O)c(-c2cccc(COc3cccc(F)c3)c2)c1C(=O)O. The molecule has 0 spiro atoms. The number of aromatic amines is 1. The van der Waals surface area contributed by atoms with E-state index in [0.29, 0.717) is 5.56 Å². The molecule has 8 nitrogen and oxygen atoms in total. The van der Waals surface area contributed by atoms with Crippen LogP contribution in [-0.2, 0) is 6.61 Å². The van der Waals surface area contributed by atoms with E-state index in [-0.39, 0.29) is 23.5 Å². The second-order valence-electron chi connectivity index (χ2n) is 6.05. The van der Waals surface area contributed by atoms with E-state index in [9.17, 15) is 29.0 Å². The lowest BCUT2D eigenvalue weighted by atomic mass is 9.94. The van der Waals surface area contributed by atoms with Crippen LogP contribution in [0.1, 0.15) is 26.3 Å². The average molecular weight is 398 g/mol. The Morgan fingerprint density at radius 1 is 1.03 bits per heavy atom. The minimum absolute atomic E-state index is 0.000770. The second-order valence-corrected chi connectivity index (χ2v) is 6.05. The smallest absolute Gasteiger partial charge is 0.342 e. The van der Waals surface area contributed by atoms with Gasteiger partial charge in [-0.05, 0) is 29.3 Å². The highest BCUT2D eigenvalue weighted by Crippen LogP contribution is 2.30. The van der Waals surface area contributed by atoms with Gasteiger partial charge in [0.05, 0.1) is 0 Å². The maximum absolute atomic E-state index is 13.3. The molecule has 9 heteroatoms. The summed E-state index contributed by atoms with van der Waals surface area (Å²) in [7, 11) is 0. The zero-order chi connectivity index (χ0) is 21.1. The summed E-state index contributed by atoms with van der Waals surface area (Å²) in [5.74, 6) is -3.72. The number of hydrogen-bond acceptors (Lipinski definition) is 5. The maximum atomic E-state index is 13.3. The van der Waals surface area contributed by atoms with Gasteiger partial charge in [-0.25, -0.2) is 14.0 Å². The minimum Gasteiger partial charge on any atom is -0.489 e. The number of pyridine rings is 1. The first-order chi connectivity index (χ1) is 13.8. The first-order valence-electron chi connectivity index (χ1n) is 8.28. The fourth-order valence-corrected chi connectivity index (χ4v) is 2.88. The number of carbonyl (C=O) groups is 2. The Bertz CT molecular complexity index is 1170. The molecule has 5 N–H and O–H groups in total. The monoisotopic (exact) mass is 398 g/mol. The topological polar surface area (TPSA) is 143 Å². The fraction of sp³-hybridized carbons (Fsp3) is 0.0500. The Labute approximate surface area is 163 Å². The van der Waals surface area contributed by atoms with Crippen molar-refractivity contribution in [3.63, 3.8) is 0 Å². The molecule has 148 valence electrons. The molecular weight excluding hydrogens is 383 g/mol. The Balaban J connectivity index is 2.07. The molecule has 0 bridgehead atoms. The molecule has 0 radical (unpaired) electrons. The molecule has 3 aromatic rings. The van der Waals surface area contributed by atoms with Crippen LogP contribution < -0.4 is 16.0 Å². The van der Waals surface area contributed by atoms with Crippen LogP contribution in [0.15, 0.2) is 53.3 Å². The molecule has 2 aromatic carbocycles. The summed E-state index contributed by atoms with van der Waals surface area (Å²) < 4.78 is 18.8. The Morgan fingerprint density at radius 2 is 1.72 bits per heavy atom. The van der Waals surface area contributed by atoms with Crippen LogP contribution in [0.3, 0.4) is 0 Å². The molecule has 0 atom stereocenters. The number of ether oxygens (including phenoxy) is 1. The summed E-state index contributed by atoms with van der Waals surface area (Å²) in [6.45, 7) is 0.000770. The number of rotatable bonds is 6. The number of aromatic nitrogens is 1. The van der Waals surface area contributed by atoms with E-state index < -0.39 is 40.3 Å². The molecule has 0 saturated carbocycles. The van der Waals surface area contributed by atoms with Gasteiger partial charge in [0.1, 0.15) is 35.1 Å². The molecule has 1 aromatic heterocycles. The number of halogens is 1. The van der Waals surface area contributed by atoms with Gasteiger partial charge < -0.3 is 25.7 Å². The minimum atomic E-state index is -1.59. The molecule has 1 heterocycles. The van der Waals surface area contributed by atoms with Crippen molar-refractivity contribution in [3.8, 4) is 16.9 Å². The molecule has 0 saturated heterocycles. The third kappa shape index (κ3) is 4.08. The number of nitrogen functional groups attached to an aromatic ring is 1. The van der Waals surface area contributed by atoms with E-state index in [0.717, 1.165) is 0 Å². The number of nitrogens with two attached hydrogens (primary N) is 1. The fourth-order valence-electron chi connectivity index (χ4n) is 2.88. The largest absolute Gasteiger partial charge is 0.489 e. The molecule has 0 amide bonds. The van der Waals surface area contributed by atoms with Crippen LogP contribution in [0, 0.1) is 5.82 Å². The van der Waals surface area contributed by atoms with Gasteiger partial charge in [-0.3, -0.25) is 4.79 Å². The summed E-state index contributed by atoms with van der Waals surface area (Å²) in [6.07, 6.45) is 0. The van der Waals surface area contributed by atoms with E-state index in [1.165, 1.54) is 30.3 Å². The molecule has 3 rings (SSSR count). The molecule has 29 heavy (non-hydrogen) atoms. The van der Waals surface area contributed by atoms with Crippen molar-refractivity contribution < 1.29 is 28.9 Å². The van der Waals surface area contributed by atoms with Crippen molar-refractivity contribution in [1.82, 2.24) is 4.98 Å². The lowest BCUT2D eigenvalue weighted by molar-refractivity contribution is 0.0695. The Kier molecular flexibility index (Phi) is 5.31. The number of benzene rings is 2. The standard InChI is InChI=1S/C20H15FN2O6/c21-12-5-2-6-13(8-12)29-9-10-3-1-4-11(7-10)14-15(19(25)26)17(22)23-18(24)16(14)20(27)28/h1-8H,9H2,(H,25,26)(H,27,28)(H3,22,23,24). The van der Waals surface area contributed by atoms with Crippen molar-refractivity contribution in [1.29, 1.82) is 0 Å². The van der Waals surface area contributed by atoms with Crippen molar-refractivity contribution in [2.24, 2.45) is 0 Å². The van der Waals surface area contributed by atoms with Crippen LogP contribution in [0.5, 0.6) is 5.75 Å². The van der Waals surface area contributed by atoms with Gasteiger partial charge in [0.15, 0.2) is 0 Å². The van der Waals surface area contributed by atoms with E-state index >= 15 is 0 Å². The number of aromatic carboxylic acids is 2. The first kappa shape index (κ1) is 19.6. The molecule has 0 fully saturated rings. The number of carboxylic acid groups (broad SMARTS) is 2. The van der Waals surface area contributed by atoms with Crippen LogP contribution in [0.4, 0.5) is 10.2 Å². The van der Waals surface area contributed by atoms with Crippen LogP contribution >= 0.6 is 0 Å². The van der Waals surface area contributed by atoms with E-state index in [1.54, 1.807) is 18.2 Å². The van der Waals surface area contributed by atoms with Gasteiger partial charge in [0.25, 0.3) is 5.56 Å². The van der Waals surface area contributed by atoms with Gasteiger partial charge in [-0.2, -0.15) is 0 Å². The van der Waals surface area contributed by atoms with E-state index in [1.807, 2.05) is 4.98 Å². The summed E-state index contributed by atoms with van der Waals surface area (Å²) in [5.41, 5.74) is 3.75. The van der Waals surface area contributed by atoms with Crippen molar-refractivity contribution in [2.45, 2.75) is 6.61 Å². The first-order valence-corrected chi connectivity index (χ1v) is 8.28. The number of anilines is 1. The lowest BCUT2D eigenvalue weighted by Gasteiger charge is -2.13. The normalized spacial score (nSPS) is 10.5. The third-order valence-electron chi connectivity index (χ3n) is 4.09. The van der Waals surface area contributed by atoms with Crippen molar-refractivity contribution in [3.05, 3.63) is 81.4 Å². The quantitative estimate of drug-likeness (QED) is 0.500. The van der Waals surface area contributed by atoms with Crippen molar-refractivity contribution in [2.75, 3.05) is 5.73 Å². The summed E-state index contributed by atoms with van der Waals surface area (Å²) in [4.78, 5) is 37.4. The molecule has 0 aliphatic carbocycles. The Morgan fingerprint density at radius 3 is 2.38 bits per heavy atom. The van der Waals surface area contributed by atoms with Crippen LogP contribution in [0.2, 0.25) is 0 Å². The van der Waals surface area contributed by atoms with Crippen LogP contribution in [-0.4, -0.2) is 27.1 Å². The summed E-state index contributed by atoms with van der Waals surface area (Å²) >= 11 is 0. The predicted molar refractivity (Wildman–Crippen MR) is 102 cm³/mol. The zero-order valence-corrected chi connectivity index (χ0v) is 14.8. The van der Waals surface area contributed by atoms with E-state index in [4.69, 9.17) is 10.5 Å². The Hall–Kier alpha value is -4.14. The summed E-state index contributed by atoms with van der Waals surface area (Å²) in [5, 5.41) is 18.9. The zero-order valence-electron chi connectivity index (χ0n) is 14.8. The number of nitrogens with one attached hydrogen (secondary N) is 1. The van der Waals surface area contributed by atoms with Gasteiger partial charge in [0.2, 0.25) is 0 Å². The predicted octanol–water partition coefficient (Wildman–Crippen LogP) is 2.74. The highest BCUT2D eigenvalue weighted by Gasteiger charge is 2.26. The molecule has 0 aliphatic rings. The van der Waals surface area contributed by atoms with Crippen LogP contribution in [0.25, 0.3) is 11.1 Å². The average Bonchev–Trinajstić information content (AvgIpc) is 2.65. The van der Waals surface area contributed by atoms with Gasteiger partial charge >= 0.3 is 11.9 Å². The van der Waals surface area contributed by atoms with Gasteiger partial charge in [-0.1, -0.05) is 24.3 Å². The van der Waals surface area contributed by atoms with Gasteiger partial charge in [0, 0.05) is 11.6 Å². The second kappa shape index (κ2) is 7.85. The van der Waals surface area contributed by atoms with E-state index in [2.05, 4.69) is 0 Å². The number of carboxylic acids is 2. The highest BCUT2D eigenvalue weighted by molar-refractivity contribution is 6.07. The molecule has 0 unspecified atom stereocenters. The summed E-state index contributed by atoms with van der Waals surface area (Å²) in [6, 6.07) is 11.7. The number of H-pyrrole nitrogens is 1. The number of hydrogen-bond donors (Lipinski definition) is 4. The highest BCUT2D eigenvalue weighted by atomic mass is 19.1. The lowest BCUT2D eigenvalue weighted by Crippen LogP contribution is -2.24. The van der Waals surface area contributed by atoms with Crippen molar-refractivity contribution >= 4 is 17.8 Å². The third-order valence-corrected chi connectivity index (χ3v) is 4.09.